The Morgan fingerprint density at radius 3 is 2.15 bits per heavy atom. The van der Waals surface area contributed by atoms with E-state index in [-0.39, 0.29) is 25.7 Å². The third-order valence-electron chi connectivity index (χ3n) is 6.36. The standard InChI is InChI=1S/C17H21F7O9/c18-15(19,16(20,21)17(22,23)24)5-28-11(25)6-1-3-14(4-2-6)31-10-8-7(30-13(10)32-14)9(33-27)12(26)29-8/h6-13,25-27H,1-5H2. The Morgan fingerprint density at radius 2 is 1.58 bits per heavy atom. The molecule has 3 heterocycles. The first-order chi connectivity index (χ1) is 15.2. The van der Waals surface area contributed by atoms with E-state index in [9.17, 15) is 40.9 Å². The molecule has 7 atom stereocenters. The van der Waals surface area contributed by atoms with Crippen LogP contribution in [-0.4, -0.2) is 89.2 Å². The predicted octanol–water partition coefficient (Wildman–Crippen LogP) is 1.76. The Kier molecular flexibility index (Phi) is 6.41. The third kappa shape index (κ3) is 4.23. The lowest BCUT2D eigenvalue weighted by atomic mass is 9.84. The number of aliphatic hydroxyl groups excluding tert-OH is 2. The summed E-state index contributed by atoms with van der Waals surface area (Å²) in [5, 5.41) is 28.5. The first-order valence-corrected chi connectivity index (χ1v) is 9.98. The molecule has 0 radical (unpaired) electrons. The summed E-state index contributed by atoms with van der Waals surface area (Å²) in [4.78, 5) is 4.15. The molecule has 16 heteroatoms. The van der Waals surface area contributed by atoms with Crippen LogP contribution >= 0.6 is 0 Å². The van der Waals surface area contributed by atoms with Gasteiger partial charge in [0.15, 0.2) is 30.8 Å². The lowest BCUT2D eigenvalue weighted by Gasteiger charge is -2.38. The molecule has 9 nitrogen and oxygen atoms in total. The normalized spacial score (nSPS) is 42.5. The summed E-state index contributed by atoms with van der Waals surface area (Å²) in [6, 6.07) is 0. The number of hydrogen-bond acceptors (Lipinski definition) is 9. The number of fused-ring (bicyclic) bond motifs is 3. The van der Waals surface area contributed by atoms with Crippen molar-refractivity contribution in [3.63, 3.8) is 0 Å². The van der Waals surface area contributed by atoms with Crippen molar-refractivity contribution in [2.45, 2.75) is 92.8 Å². The molecule has 1 aliphatic carbocycles. The van der Waals surface area contributed by atoms with Crippen LogP contribution in [0.3, 0.4) is 0 Å². The molecule has 1 saturated carbocycles. The van der Waals surface area contributed by atoms with Gasteiger partial charge in [0.1, 0.15) is 24.9 Å². The highest BCUT2D eigenvalue weighted by Crippen LogP contribution is 2.50. The number of hydrogen-bond donors (Lipinski definition) is 3. The van der Waals surface area contributed by atoms with Gasteiger partial charge < -0.3 is 33.9 Å². The van der Waals surface area contributed by atoms with Crippen molar-refractivity contribution >= 4 is 0 Å². The zero-order chi connectivity index (χ0) is 24.4. The lowest BCUT2D eigenvalue weighted by molar-refractivity contribution is -0.367. The molecule has 1 spiro atoms. The van der Waals surface area contributed by atoms with E-state index in [0.29, 0.717) is 0 Å². The molecule has 4 fully saturated rings. The highest BCUT2D eigenvalue weighted by molar-refractivity contribution is 5.03. The van der Waals surface area contributed by atoms with Crippen molar-refractivity contribution in [1.29, 1.82) is 0 Å². The van der Waals surface area contributed by atoms with Gasteiger partial charge in [-0.1, -0.05) is 0 Å². The van der Waals surface area contributed by atoms with Gasteiger partial charge >= 0.3 is 18.0 Å². The maximum atomic E-state index is 13.4. The zero-order valence-corrected chi connectivity index (χ0v) is 16.6. The summed E-state index contributed by atoms with van der Waals surface area (Å²) in [7, 11) is 0. The molecule has 3 saturated heterocycles. The van der Waals surface area contributed by atoms with Gasteiger partial charge in [0, 0.05) is 18.8 Å². The van der Waals surface area contributed by atoms with E-state index in [1.807, 2.05) is 0 Å². The van der Waals surface area contributed by atoms with Gasteiger partial charge in [-0.3, -0.25) is 5.26 Å². The fourth-order valence-electron chi connectivity index (χ4n) is 4.51. The molecular formula is C17H21F7O9. The average Bonchev–Trinajstić information content (AvgIpc) is 3.32. The summed E-state index contributed by atoms with van der Waals surface area (Å²) in [6.07, 6.45) is -14.3. The molecule has 33 heavy (non-hydrogen) atoms. The van der Waals surface area contributed by atoms with Gasteiger partial charge in [-0.15, -0.1) is 0 Å². The topological polar surface area (TPSA) is 116 Å². The van der Waals surface area contributed by atoms with E-state index < -0.39 is 79.6 Å². The van der Waals surface area contributed by atoms with E-state index in [0.717, 1.165) is 0 Å². The summed E-state index contributed by atoms with van der Waals surface area (Å²) in [6.45, 7) is -2.33. The van der Waals surface area contributed by atoms with Crippen molar-refractivity contribution in [2.75, 3.05) is 6.61 Å². The first kappa shape index (κ1) is 25.2. The number of aliphatic hydroxyl groups is 2. The molecule has 4 rings (SSSR count). The molecule has 3 aliphatic heterocycles. The molecule has 4 aliphatic rings. The van der Waals surface area contributed by atoms with E-state index >= 15 is 0 Å². The molecule has 3 N–H and O–H groups in total. The Hall–Kier alpha value is -0.850. The molecule has 0 amide bonds. The number of halogens is 7. The first-order valence-electron chi connectivity index (χ1n) is 9.98. The third-order valence-corrected chi connectivity index (χ3v) is 6.36. The van der Waals surface area contributed by atoms with Gasteiger partial charge in [0.05, 0.1) is 0 Å². The van der Waals surface area contributed by atoms with Gasteiger partial charge in [-0.2, -0.15) is 30.7 Å². The second-order valence-electron chi connectivity index (χ2n) is 8.46. The minimum atomic E-state index is -6.49. The summed E-state index contributed by atoms with van der Waals surface area (Å²) < 4.78 is 116. The summed E-state index contributed by atoms with van der Waals surface area (Å²) >= 11 is 0. The number of ether oxygens (including phenoxy) is 5. The number of rotatable bonds is 6. The van der Waals surface area contributed by atoms with E-state index in [1.54, 1.807) is 0 Å². The highest BCUT2D eigenvalue weighted by atomic mass is 19.4. The second-order valence-corrected chi connectivity index (χ2v) is 8.46. The average molecular weight is 502 g/mol. The fraction of sp³-hybridized carbons (Fsp3) is 1.00. The summed E-state index contributed by atoms with van der Waals surface area (Å²) in [5.74, 6) is -14.0. The molecule has 192 valence electrons. The highest BCUT2D eigenvalue weighted by Gasteiger charge is 2.73. The zero-order valence-electron chi connectivity index (χ0n) is 16.6. The monoisotopic (exact) mass is 502 g/mol. The Balaban J connectivity index is 1.29. The van der Waals surface area contributed by atoms with Crippen LogP contribution in [0.15, 0.2) is 0 Å². The van der Waals surface area contributed by atoms with Crippen LogP contribution in [0.25, 0.3) is 0 Å². The van der Waals surface area contributed by atoms with Crippen molar-refractivity contribution < 1.29 is 74.8 Å². The van der Waals surface area contributed by atoms with Gasteiger partial charge in [-0.25, -0.2) is 4.89 Å². The maximum absolute atomic E-state index is 13.4. The van der Waals surface area contributed by atoms with Crippen LogP contribution in [0.5, 0.6) is 0 Å². The fourth-order valence-corrected chi connectivity index (χ4v) is 4.51. The van der Waals surface area contributed by atoms with Crippen molar-refractivity contribution in [3.05, 3.63) is 0 Å². The summed E-state index contributed by atoms with van der Waals surface area (Å²) in [5.41, 5.74) is 0. The predicted molar refractivity (Wildman–Crippen MR) is 85.6 cm³/mol. The number of alkyl halides is 7. The minimum absolute atomic E-state index is 0.0434. The van der Waals surface area contributed by atoms with Gasteiger partial charge in [-0.05, 0) is 12.8 Å². The minimum Gasteiger partial charge on any atom is -0.368 e. The largest absolute Gasteiger partial charge is 0.459 e. The van der Waals surface area contributed by atoms with E-state index in [1.165, 1.54) is 0 Å². The van der Waals surface area contributed by atoms with Crippen LogP contribution in [-0.2, 0) is 28.6 Å². The van der Waals surface area contributed by atoms with E-state index in [2.05, 4.69) is 9.62 Å². The van der Waals surface area contributed by atoms with Crippen molar-refractivity contribution in [1.82, 2.24) is 0 Å². The molecular weight excluding hydrogens is 481 g/mol. The van der Waals surface area contributed by atoms with Gasteiger partial charge in [0.25, 0.3) is 0 Å². The van der Waals surface area contributed by atoms with Gasteiger partial charge in [0.2, 0.25) is 0 Å². The Bertz CT molecular complexity index is 715. The quantitative estimate of drug-likeness (QED) is 0.216. The molecule has 7 unspecified atom stereocenters. The van der Waals surface area contributed by atoms with Crippen LogP contribution < -0.4 is 0 Å². The van der Waals surface area contributed by atoms with Crippen molar-refractivity contribution in [3.8, 4) is 0 Å². The molecule has 0 bridgehead atoms. The van der Waals surface area contributed by atoms with Crippen LogP contribution in [0.4, 0.5) is 30.7 Å². The van der Waals surface area contributed by atoms with Crippen molar-refractivity contribution in [2.24, 2.45) is 5.92 Å². The SMILES string of the molecule is OOC1C(O)OC2C3OC4(CCC(C(O)OCC(F)(F)C(F)(F)C(F)(F)F)CC4)OC3OC12. The second kappa shape index (κ2) is 8.37. The van der Waals surface area contributed by atoms with Crippen LogP contribution in [0, 0.1) is 5.92 Å². The molecule has 0 aromatic heterocycles. The van der Waals surface area contributed by atoms with Crippen LogP contribution in [0.2, 0.25) is 0 Å². The Labute approximate surface area is 181 Å². The molecule has 0 aromatic carbocycles. The van der Waals surface area contributed by atoms with Crippen LogP contribution in [0.1, 0.15) is 25.7 Å². The Morgan fingerprint density at radius 1 is 0.939 bits per heavy atom. The van der Waals surface area contributed by atoms with E-state index in [4.69, 9.17) is 24.2 Å². The molecule has 0 aromatic rings. The maximum Gasteiger partial charge on any atom is 0.459 e. The smallest absolute Gasteiger partial charge is 0.368 e. The lowest BCUT2D eigenvalue weighted by Crippen LogP contribution is -2.54.